The number of urea groups is 2. The lowest BCUT2D eigenvalue weighted by Gasteiger charge is -2.42. The van der Waals surface area contributed by atoms with Crippen molar-refractivity contribution in [1.82, 2.24) is 25.8 Å². The van der Waals surface area contributed by atoms with Crippen LogP contribution in [0.5, 0.6) is 0 Å². The average Bonchev–Trinajstić information content (AvgIpc) is 3.24. The third kappa shape index (κ3) is 3.97. The van der Waals surface area contributed by atoms with Crippen LogP contribution in [0, 0.1) is 11.8 Å². The van der Waals surface area contributed by atoms with Crippen LogP contribution in [-0.4, -0.2) is 77.7 Å². The molecule has 166 valence electrons. The molecule has 4 aliphatic rings. The minimum atomic E-state index is -0.879. The zero-order valence-corrected chi connectivity index (χ0v) is 17.6. The van der Waals surface area contributed by atoms with E-state index in [9.17, 15) is 19.2 Å². The molecule has 0 aromatic rings. The van der Waals surface area contributed by atoms with Crippen LogP contribution in [0.4, 0.5) is 9.59 Å². The first-order valence-corrected chi connectivity index (χ1v) is 10.9. The third-order valence-corrected chi connectivity index (χ3v) is 6.79. The number of carbonyl (C=O) groups is 4. The van der Waals surface area contributed by atoms with Gasteiger partial charge in [0, 0.05) is 44.6 Å². The highest BCUT2D eigenvalue weighted by molar-refractivity contribution is 6.06. The lowest BCUT2D eigenvalue weighted by Crippen LogP contribution is -2.62. The van der Waals surface area contributed by atoms with E-state index in [4.69, 9.17) is 4.74 Å². The molecule has 0 aromatic carbocycles. The van der Waals surface area contributed by atoms with Crippen LogP contribution in [-0.2, 0) is 14.3 Å². The topological polar surface area (TPSA) is 120 Å². The van der Waals surface area contributed by atoms with Crippen LogP contribution >= 0.6 is 0 Å². The first-order valence-electron chi connectivity index (χ1n) is 10.9. The number of imide groups is 1. The van der Waals surface area contributed by atoms with Crippen molar-refractivity contribution < 1.29 is 23.9 Å². The number of nitrogens with zero attached hydrogens (tertiary/aromatic N) is 2. The van der Waals surface area contributed by atoms with Crippen molar-refractivity contribution >= 4 is 23.9 Å². The van der Waals surface area contributed by atoms with Gasteiger partial charge in [-0.05, 0) is 45.4 Å². The Morgan fingerprint density at radius 2 is 1.87 bits per heavy atom. The predicted molar refractivity (Wildman–Crippen MR) is 106 cm³/mol. The summed E-state index contributed by atoms with van der Waals surface area (Å²) in [4.78, 5) is 51.7. The molecule has 4 fully saturated rings. The lowest BCUT2D eigenvalue weighted by atomic mass is 9.79. The van der Waals surface area contributed by atoms with E-state index in [1.54, 1.807) is 13.8 Å². The molecule has 4 heterocycles. The number of ether oxygens (including phenoxy) is 1. The molecule has 0 aliphatic carbocycles. The van der Waals surface area contributed by atoms with Gasteiger partial charge in [0.2, 0.25) is 5.91 Å². The Labute approximate surface area is 176 Å². The van der Waals surface area contributed by atoms with Crippen LogP contribution < -0.4 is 16.0 Å². The quantitative estimate of drug-likeness (QED) is 0.555. The predicted octanol–water partition coefficient (Wildman–Crippen LogP) is 0.380. The monoisotopic (exact) mass is 421 g/mol. The molecule has 0 saturated carbocycles. The lowest BCUT2D eigenvalue weighted by molar-refractivity contribution is -0.134. The van der Waals surface area contributed by atoms with Crippen molar-refractivity contribution in [3.05, 3.63) is 0 Å². The Kier molecular flexibility index (Phi) is 5.61. The second-order valence-corrected chi connectivity index (χ2v) is 9.22. The summed E-state index contributed by atoms with van der Waals surface area (Å²) in [5.41, 5.74) is -0.879. The molecule has 0 unspecified atom stereocenters. The number of fused-ring (bicyclic) bond motifs is 1. The molecule has 0 bridgehead atoms. The summed E-state index contributed by atoms with van der Waals surface area (Å²) < 4.78 is 5.63. The number of hydrogen-bond donors (Lipinski definition) is 3. The van der Waals surface area contributed by atoms with Gasteiger partial charge in [-0.25, -0.2) is 9.59 Å². The Balaban J connectivity index is 1.22. The number of carbonyl (C=O) groups excluding carboxylic acids is 4. The fourth-order valence-electron chi connectivity index (χ4n) is 5.09. The summed E-state index contributed by atoms with van der Waals surface area (Å²) in [5, 5.41) is 8.56. The Morgan fingerprint density at radius 3 is 2.53 bits per heavy atom. The first-order chi connectivity index (χ1) is 14.3. The van der Waals surface area contributed by atoms with Gasteiger partial charge in [-0.3, -0.25) is 14.5 Å². The van der Waals surface area contributed by atoms with Gasteiger partial charge < -0.3 is 25.6 Å². The number of likely N-dealkylation sites (tertiary alicyclic amines) is 1. The molecule has 10 nitrogen and oxygen atoms in total. The van der Waals surface area contributed by atoms with E-state index in [0.717, 1.165) is 19.3 Å². The Bertz CT molecular complexity index is 733. The van der Waals surface area contributed by atoms with Crippen LogP contribution in [0.15, 0.2) is 0 Å². The fraction of sp³-hybridized carbons (Fsp3) is 0.800. The van der Waals surface area contributed by atoms with Crippen molar-refractivity contribution in [2.24, 2.45) is 11.8 Å². The smallest absolute Gasteiger partial charge is 0.325 e. The van der Waals surface area contributed by atoms with Gasteiger partial charge in [-0.2, -0.15) is 0 Å². The molecule has 6 amide bonds. The number of piperidine rings is 1. The van der Waals surface area contributed by atoms with Gasteiger partial charge in [0.15, 0.2) is 0 Å². The summed E-state index contributed by atoms with van der Waals surface area (Å²) in [5.74, 6) is 0.418. The number of rotatable bonds is 5. The molecule has 30 heavy (non-hydrogen) atoms. The van der Waals surface area contributed by atoms with E-state index < -0.39 is 11.6 Å². The van der Waals surface area contributed by atoms with Gasteiger partial charge in [0.25, 0.3) is 5.91 Å². The summed E-state index contributed by atoms with van der Waals surface area (Å²) >= 11 is 0. The third-order valence-electron chi connectivity index (χ3n) is 6.79. The molecule has 3 N–H and O–H groups in total. The van der Waals surface area contributed by atoms with E-state index in [-0.39, 0.29) is 42.6 Å². The molecular formula is C20H31N5O5. The van der Waals surface area contributed by atoms with E-state index in [2.05, 4.69) is 16.0 Å². The van der Waals surface area contributed by atoms with Crippen molar-refractivity contribution in [2.75, 3.05) is 26.2 Å². The molecule has 3 atom stereocenters. The second kappa shape index (κ2) is 8.05. The van der Waals surface area contributed by atoms with E-state index in [1.807, 2.05) is 4.90 Å². The molecule has 4 rings (SSSR count). The number of nitrogens with one attached hydrogen (secondary N) is 3. The van der Waals surface area contributed by atoms with E-state index >= 15 is 0 Å². The highest BCUT2D eigenvalue weighted by atomic mass is 16.5. The maximum atomic E-state index is 12.6. The maximum absolute atomic E-state index is 12.6. The SMILES string of the molecule is CC1(C)NC(=O)N(CCCC(=O)N2CCC([C@@H]3NC(=O)N[C@H]4OCC[C@H]43)CC2)C1=O. The molecule has 0 spiro atoms. The van der Waals surface area contributed by atoms with Gasteiger partial charge >= 0.3 is 12.1 Å². The summed E-state index contributed by atoms with van der Waals surface area (Å²) in [6, 6.07) is -0.478. The second-order valence-electron chi connectivity index (χ2n) is 9.22. The van der Waals surface area contributed by atoms with Gasteiger partial charge in [0.1, 0.15) is 11.8 Å². The summed E-state index contributed by atoms with van der Waals surface area (Å²) in [7, 11) is 0. The van der Waals surface area contributed by atoms with Gasteiger partial charge in [0.05, 0.1) is 0 Å². The fourth-order valence-corrected chi connectivity index (χ4v) is 5.09. The summed E-state index contributed by atoms with van der Waals surface area (Å²) in [6.07, 6.45) is 3.20. The molecule has 10 heteroatoms. The standard InChI is InChI=1S/C20H31N5O5/c1-20(2)17(27)25(19(29)23-20)8-3-4-14(26)24-9-5-12(6-10-24)15-13-7-11-30-16(13)22-18(28)21-15/h12-13,15-16H,3-11H2,1-2H3,(H,23,29)(H2,21,22,28)/t13-,15-,16-/m0/s1. The average molecular weight is 421 g/mol. The molecule has 0 radical (unpaired) electrons. The number of hydrogen-bond acceptors (Lipinski definition) is 5. The molecule has 0 aromatic heterocycles. The van der Waals surface area contributed by atoms with Crippen LogP contribution in [0.1, 0.15) is 46.0 Å². The van der Waals surface area contributed by atoms with E-state index in [0.29, 0.717) is 38.5 Å². The van der Waals surface area contributed by atoms with Crippen molar-refractivity contribution in [1.29, 1.82) is 0 Å². The molecule has 4 aliphatic heterocycles. The van der Waals surface area contributed by atoms with Gasteiger partial charge in [-0.15, -0.1) is 0 Å². The van der Waals surface area contributed by atoms with Crippen LogP contribution in [0.2, 0.25) is 0 Å². The Morgan fingerprint density at radius 1 is 1.13 bits per heavy atom. The highest BCUT2D eigenvalue weighted by Gasteiger charge is 2.45. The zero-order chi connectivity index (χ0) is 21.5. The molecule has 4 saturated heterocycles. The minimum Gasteiger partial charge on any atom is -0.358 e. The first kappa shape index (κ1) is 20.9. The van der Waals surface area contributed by atoms with Crippen LogP contribution in [0.25, 0.3) is 0 Å². The summed E-state index contributed by atoms with van der Waals surface area (Å²) in [6.45, 7) is 5.59. The number of amides is 6. The zero-order valence-electron chi connectivity index (χ0n) is 17.6. The Hall–Kier alpha value is -2.36. The van der Waals surface area contributed by atoms with E-state index in [1.165, 1.54) is 4.90 Å². The van der Waals surface area contributed by atoms with Crippen LogP contribution in [0.3, 0.4) is 0 Å². The van der Waals surface area contributed by atoms with Crippen molar-refractivity contribution in [3.63, 3.8) is 0 Å². The largest absolute Gasteiger partial charge is 0.358 e. The highest BCUT2D eigenvalue weighted by Crippen LogP contribution is 2.33. The van der Waals surface area contributed by atoms with Crippen molar-refractivity contribution in [3.8, 4) is 0 Å². The minimum absolute atomic E-state index is 0.0520. The van der Waals surface area contributed by atoms with Gasteiger partial charge in [-0.1, -0.05) is 0 Å². The van der Waals surface area contributed by atoms with Crippen molar-refractivity contribution in [2.45, 2.75) is 63.8 Å². The molecular weight excluding hydrogens is 390 g/mol. The maximum Gasteiger partial charge on any atom is 0.325 e. The normalized spacial score (nSPS) is 31.3.